The van der Waals surface area contributed by atoms with Crippen molar-refractivity contribution in [2.24, 2.45) is 0 Å². The van der Waals surface area contributed by atoms with E-state index >= 15 is 0 Å². The van der Waals surface area contributed by atoms with E-state index in [4.69, 9.17) is 4.74 Å². The number of rotatable bonds is 6. The molecule has 1 N–H and O–H groups in total. The molecule has 0 aliphatic carbocycles. The van der Waals surface area contributed by atoms with Crippen LogP contribution >= 0.6 is 0 Å². The lowest BCUT2D eigenvalue weighted by Gasteiger charge is -2.15. The van der Waals surface area contributed by atoms with E-state index in [0.717, 1.165) is 22.1 Å². The number of nitrogens with one attached hydrogen (secondary N) is 1. The van der Waals surface area contributed by atoms with Gasteiger partial charge in [0.25, 0.3) is 0 Å². The van der Waals surface area contributed by atoms with E-state index in [-0.39, 0.29) is 10.9 Å². The highest BCUT2D eigenvalue weighted by atomic mass is 32.2. The van der Waals surface area contributed by atoms with E-state index in [9.17, 15) is 8.42 Å². The van der Waals surface area contributed by atoms with E-state index < -0.39 is 10.0 Å². The summed E-state index contributed by atoms with van der Waals surface area (Å²) in [4.78, 5) is 0.256. The maximum Gasteiger partial charge on any atom is 0.241 e. The molecular formula is C20H21NO3S. The van der Waals surface area contributed by atoms with Gasteiger partial charge in [0.05, 0.1) is 11.5 Å². The van der Waals surface area contributed by atoms with Crippen molar-refractivity contribution in [2.75, 3.05) is 6.61 Å². The van der Waals surface area contributed by atoms with E-state index in [1.165, 1.54) is 0 Å². The summed E-state index contributed by atoms with van der Waals surface area (Å²) >= 11 is 0. The molecule has 0 unspecified atom stereocenters. The summed E-state index contributed by atoms with van der Waals surface area (Å²) in [5.41, 5.74) is 0.924. The maximum absolute atomic E-state index is 12.7. The van der Waals surface area contributed by atoms with E-state index in [0.29, 0.717) is 6.61 Å². The molecule has 0 amide bonds. The molecule has 0 saturated carbocycles. The van der Waals surface area contributed by atoms with Crippen LogP contribution in [0.2, 0.25) is 0 Å². The van der Waals surface area contributed by atoms with Gasteiger partial charge in [0.2, 0.25) is 10.0 Å². The Bertz CT molecular complexity index is 969. The first-order valence-electron chi connectivity index (χ1n) is 8.23. The maximum atomic E-state index is 12.7. The van der Waals surface area contributed by atoms with Crippen LogP contribution in [-0.2, 0) is 10.0 Å². The molecule has 0 fully saturated rings. The van der Waals surface area contributed by atoms with Crippen molar-refractivity contribution in [1.82, 2.24) is 4.72 Å². The lowest BCUT2D eigenvalue weighted by molar-refractivity contribution is 0.341. The van der Waals surface area contributed by atoms with Gasteiger partial charge < -0.3 is 4.74 Å². The third-order valence-corrected chi connectivity index (χ3v) is 5.57. The zero-order chi connectivity index (χ0) is 17.9. The van der Waals surface area contributed by atoms with Gasteiger partial charge in [-0.2, -0.15) is 0 Å². The largest absolute Gasteiger partial charge is 0.494 e. The Labute approximate surface area is 148 Å². The Balaban J connectivity index is 1.88. The van der Waals surface area contributed by atoms with Crippen LogP contribution in [0.5, 0.6) is 5.75 Å². The number of hydrogen-bond donors (Lipinski definition) is 1. The number of fused-ring (bicyclic) bond motifs is 1. The van der Waals surface area contributed by atoms with Gasteiger partial charge in [0.15, 0.2) is 0 Å². The van der Waals surface area contributed by atoms with Crippen molar-refractivity contribution in [2.45, 2.75) is 24.8 Å². The van der Waals surface area contributed by atoms with Gasteiger partial charge in [0, 0.05) is 6.04 Å². The van der Waals surface area contributed by atoms with Crippen molar-refractivity contribution in [1.29, 1.82) is 0 Å². The summed E-state index contributed by atoms with van der Waals surface area (Å²) in [5.74, 6) is 0.779. The first kappa shape index (κ1) is 17.5. The Morgan fingerprint density at radius 1 is 0.960 bits per heavy atom. The highest BCUT2D eigenvalue weighted by Crippen LogP contribution is 2.25. The minimum atomic E-state index is -3.60. The van der Waals surface area contributed by atoms with Crippen molar-refractivity contribution in [3.05, 3.63) is 72.3 Å². The molecule has 0 heterocycles. The lowest BCUT2D eigenvalue weighted by Crippen LogP contribution is -2.26. The van der Waals surface area contributed by atoms with Gasteiger partial charge in [-0.15, -0.1) is 0 Å². The Kier molecular flexibility index (Phi) is 5.06. The average Bonchev–Trinajstić information content (AvgIpc) is 2.62. The molecule has 0 aliphatic heterocycles. The molecule has 3 rings (SSSR count). The molecule has 0 bridgehead atoms. The molecule has 0 spiro atoms. The fraction of sp³-hybridized carbons (Fsp3) is 0.200. The zero-order valence-corrected chi connectivity index (χ0v) is 15.1. The summed E-state index contributed by atoms with van der Waals surface area (Å²) in [6.45, 7) is 4.36. The molecule has 3 aromatic carbocycles. The quantitative estimate of drug-likeness (QED) is 0.718. The second-order valence-corrected chi connectivity index (χ2v) is 7.57. The number of ether oxygens (including phenoxy) is 1. The minimum Gasteiger partial charge on any atom is -0.494 e. The summed E-state index contributed by atoms with van der Waals surface area (Å²) in [7, 11) is -3.60. The van der Waals surface area contributed by atoms with Crippen LogP contribution in [0, 0.1) is 0 Å². The zero-order valence-electron chi connectivity index (χ0n) is 14.3. The van der Waals surface area contributed by atoms with Gasteiger partial charge in [-0.05, 0) is 54.4 Å². The smallest absolute Gasteiger partial charge is 0.241 e. The van der Waals surface area contributed by atoms with Gasteiger partial charge >= 0.3 is 0 Å². The van der Waals surface area contributed by atoms with Gasteiger partial charge in [-0.1, -0.05) is 42.5 Å². The highest BCUT2D eigenvalue weighted by molar-refractivity contribution is 7.89. The standard InChI is InChI=1S/C20H21NO3S/c1-3-24-19-11-9-18-14-20(12-10-17(18)13-19)25(22,23)21-15(2)16-7-5-4-6-8-16/h4-15,21H,3H2,1-2H3/t15-/m1/s1. The van der Waals surface area contributed by atoms with Gasteiger partial charge in [0.1, 0.15) is 5.75 Å². The van der Waals surface area contributed by atoms with Crippen LogP contribution in [0.15, 0.2) is 71.6 Å². The number of benzene rings is 3. The van der Waals surface area contributed by atoms with Gasteiger partial charge in [-0.3, -0.25) is 0 Å². The molecular weight excluding hydrogens is 334 g/mol. The third-order valence-electron chi connectivity index (χ3n) is 4.04. The predicted octanol–water partition coefficient (Wildman–Crippen LogP) is 4.28. The first-order chi connectivity index (χ1) is 12.0. The number of hydrogen-bond acceptors (Lipinski definition) is 3. The minimum absolute atomic E-state index is 0.256. The van der Waals surface area contributed by atoms with Crippen molar-refractivity contribution >= 4 is 20.8 Å². The number of sulfonamides is 1. The van der Waals surface area contributed by atoms with Crippen LogP contribution in [0.25, 0.3) is 10.8 Å². The van der Waals surface area contributed by atoms with Crippen LogP contribution in [0.3, 0.4) is 0 Å². The first-order valence-corrected chi connectivity index (χ1v) is 9.72. The second-order valence-electron chi connectivity index (χ2n) is 5.86. The van der Waals surface area contributed by atoms with Crippen molar-refractivity contribution < 1.29 is 13.2 Å². The van der Waals surface area contributed by atoms with Crippen LogP contribution in [0.1, 0.15) is 25.5 Å². The summed E-state index contributed by atoms with van der Waals surface area (Å²) < 4.78 is 33.6. The predicted molar refractivity (Wildman–Crippen MR) is 100 cm³/mol. The monoisotopic (exact) mass is 355 g/mol. The Morgan fingerprint density at radius 3 is 2.36 bits per heavy atom. The van der Waals surface area contributed by atoms with E-state index in [1.807, 2.05) is 62.4 Å². The highest BCUT2D eigenvalue weighted by Gasteiger charge is 2.18. The van der Waals surface area contributed by atoms with Crippen LogP contribution < -0.4 is 9.46 Å². The van der Waals surface area contributed by atoms with Gasteiger partial charge in [-0.25, -0.2) is 13.1 Å². The molecule has 0 radical (unpaired) electrons. The normalized spacial score (nSPS) is 12.9. The molecule has 0 aliphatic rings. The topological polar surface area (TPSA) is 55.4 Å². The van der Waals surface area contributed by atoms with E-state index in [2.05, 4.69) is 4.72 Å². The molecule has 130 valence electrons. The molecule has 5 heteroatoms. The third kappa shape index (κ3) is 4.00. The summed E-state index contributed by atoms with van der Waals surface area (Å²) in [6, 6.07) is 20.0. The molecule has 0 saturated heterocycles. The van der Waals surface area contributed by atoms with Crippen LogP contribution in [-0.4, -0.2) is 15.0 Å². The van der Waals surface area contributed by atoms with E-state index in [1.54, 1.807) is 18.2 Å². The van der Waals surface area contributed by atoms with Crippen molar-refractivity contribution in [3.63, 3.8) is 0 Å². The Morgan fingerprint density at radius 2 is 1.64 bits per heavy atom. The average molecular weight is 355 g/mol. The summed E-state index contributed by atoms with van der Waals surface area (Å²) in [5, 5.41) is 1.81. The second kappa shape index (κ2) is 7.25. The molecule has 4 nitrogen and oxygen atoms in total. The summed E-state index contributed by atoms with van der Waals surface area (Å²) in [6.07, 6.45) is 0. The van der Waals surface area contributed by atoms with Crippen LogP contribution in [0.4, 0.5) is 0 Å². The molecule has 3 aromatic rings. The fourth-order valence-corrected chi connectivity index (χ4v) is 4.00. The molecule has 0 aromatic heterocycles. The SMILES string of the molecule is CCOc1ccc2cc(S(=O)(=O)N[C@H](C)c3ccccc3)ccc2c1. The van der Waals surface area contributed by atoms with Crippen molar-refractivity contribution in [3.8, 4) is 5.75 Å². The molecule has 1 atom stereocenters. The fourth-order valence-electron chi connectivity index (χ4n) is 2.74. The Hall–Kier alpha value is -2.37. The lowest BCUT2D eigenvalue weighted by atomic mass is 10.1. The molecule has 25 heavy (non-hydrogen) atoms.